The quantitative estimate of drug-likeness (QED) is 0.655. The zero-order chi connectivity index (χ0) is 21.9. The molecule has 1 amide bonds. The summed E-state index contributed by atoms with van der Waals surface area (Å²) in [6.07, 6.45) is 2.57. The fraction of sp³-hybridized carbons (Fsp3) is 0.652. The number of hydrogen-bond acceptors (Lipinski definition) is 7. The molecule has 0 radical (unpaired) electrons. The molecule has 0 unspecified atom stereocenters. The van der Waals surface area contributed by atoms with Crippen LogP contribution in [-0.4, -0.2) is 71.3 Å². The lowest BCUT2D eigenvalue weighted by atomic mass is 9.35. The minimum Gasteiger partial charge on any atom is -0.467 e. The van der Waals surface area contributed by atoms with Gasteiger partial charge >= 0.3 is 12.1 Å². The maximum Gasteiger partial charge on any atom is 0.414 e. The number of anilines is 1. The van der Waals surface area contributed by atoms with Crippen LogP contribution in [0.3, 0.4) is 0 Å². The second-order valence-electron chi connectivity index (χ2n) is 9.91. The highest BCUT2D eigenvalue weighted by molar-refractivity contribution is 5.99. The van der Waals surface area contributed by atoms with Crippen molar-refractivity contribution in [1.29, 1.82) is 0 Å². The van der Waals surface area contributed by atoms with E-state index in [4.69, 9.17) is 9.47 Å². The molecule has 2 N–H and O–H groups in total. The van der Waals surface area contributed by atoms with E-state index < -0.39 is 39.8 Å². The Bertz CT molecular complexity index is 1020. The maximum atomic E-state index is 13.3. The van der Waals surface area contributed by atoms with Crippen LogP contribution in [0.25, 0.3) is 0 Å². The van der Waals surface area contributed by atoms with E-state index in [2.05, 4.69) is 4.90 Å². The van der Waals surface area contributed by atoms with E-state index in [1.165, 1.54) is 19.1 Å². The Morgan fingerprint density at radius 1 is 1.00 bits per heavy atom. The molecule has 0 aromatic heterocycles. The third kappa shape index (κ3) is 1.63. The first kappa shape index (κ1) is 19.5. The van der Waals surface area contributed by atoms with Crippen molar-refractivity contribution in [3.8, 4) is 0 Å². The molecule has 3 aliphatic carbocycles. The highest BCUT2D eigenvalue weighted by Crippen LogP contribution is 2.80. The van der Waals surface area contributed by atoms with E-state index in [1.807, 2.05) is 24.3 Å². The topological polar surface area (TPSA) is 99.5 Å². The Hall–Kier alpha value is -2.16. The van der Waals surface area contributed by atoms with Gasteiger partial charge < -0.3 is 19.7 Å². The van der Waals surface area contributed by atoms with Crippen LogP contribution in [0.5, 0.6) is 0 Å². The summed E-state index contributed by atoms with van der Waals surface area (Å²) in [5, 5.41) is 25.0. The van der Waals surface area contributed by atoms with Gasteiger partial charge in [-0.25, -0.2) is 9.59 Å². The van der Waals surface area contributed by atoms with Gasteiger partial charge in [-0.1, -0.05) is 18.2 Å². The lowest BCUT2D eigenvalue weighted by Gasteiger charge is -2.75. The SMILES string of the molecule is COC(=O)N1c2ccccc2[C@@]23CCN4CCC[C@]5(CC[C@]12[C@](O)(C(=O)OC)C5)[C@]43O. The summed E-state index contributed by atoms with van der Waals surface area (Å²) in [5.74, 6) is -0.751. The molecule has 3 saturated carbocycles. The summed E-state index contributed by atoms with van der Waals surface area (Å²) in [7, 11) is 2.57. The molecule has 3 aliphatic heterocycles. The van der Waals surface area contributed by atoms with Crippen molar-refractivity contribution in [2.24, 2.45) is 5.41 Å². The van der Waals surface area contributed by atoms with Crippen molar-refractivity contribution >= 4 is 17.7 Å². The summed E-state index contributed by atoms with van der Waals surface area (Å²) in [6.45, 7) is 1.40. The number of amides is 1. The summed E-state index contributed by atoms with van der Waals surface area (Å²) < 4.78 is 10.3. The normalized spacial score (nSPS) is 44.5. The lowest BCUT2D eigenvalue weighted by molar-refractivity contribution is -0.327. The number of carbonyl (C=O) groups is 2. The van der Waals surface area contributed by atoms with Gasteiger partial charge in [0.25, 0.3) is 0 Å². The van der Waals surface area contributed by atoms with Crippen LogP contribution in [-0.2, 0) is 19.7 Å². The Morgan fingerprint density at radius 3 is 2.52 bits per heavy atom. The van der Waals surface area contributed by atoms with Gasteiger partial charge in [0.05, 0.1) is 25.3 Å². The Balaban J connectivity index is 1.77. The van der Waals surface area contributed by atoms with Gasteiger partial charge in [0.2, 0.25) is 0 Å². The number of carbonyl (C=O) groups excluding carboxylic acids is 2. The van der Waals surface area contributed by atoms with E-state index in [-0.39, 0.29) is 6.42 Å². The number of benzene rings is 1. The molecule has 1 aromatic carbocycles. The molecule has 2 saturated heterocycles. The minimum atomic E-state index is -1.97. The number of fused-ring (bicyclic) bond motifs is 3. The molecule has 5 fully saturated rings. The van der Waals surface area contributed by atoms with Crippen LogP contribution in [0, 0.1) is 5.41 Å². The molecule has 8 nitrogen and oxygen atoms in total. The van der Waals surface area contributed by atoms with Gasteiger partial charge in [0, 0.05) is 18.5 Å². The zero-order valence-electron chi connectivity index (χ0n) is 17.9. The maximum absolute atomic E-state index is 13.3. The fourth-order valence-electron chi connectivity index (χ4n) is 8.70. The fourth-order valence-corrected chi connectivity index (χ4v) is 8.70. The largest absolute Gasteiger partial charge is 0.467 e. The molecule has 2 bridgehead atoms. The average Bonchev–Trinajstić information content (AvgIpc) is 3.24. The Labute approximate surface area is 180 Å². The van der Waals surface area contributed by atoms with Gasteiger partial charge in [-0.05, 0) is 50.2 Å². The van der Waals surface area contributed by atoms with Crippen molar-refractivity contribution in [2.75, 3.05) is 32.2 Å². The third-order valence-electron chi connectivity index (χ3n) is 9.45. The summed E-state index contributed by atoms with van der Waals surface area (Å²) in [5.41, 5.74) is -4.92. The molecule has 1 aromatic rings. The van der Waals surface area contributed by atoms with Crippen LogP contribution in [0.1, 0.15) is 44.1 Å². The van der Waals surface area contributed by atoms with Gasteiger partial charge in [-0.15, -0.1) is 0 Å². The molecule has 3 spiro atoms. The number of piperidine rings is 1. The smallest absolute Gasteiger partial charge is 0.414 e. The standard InChI is InChI=1S/C23H28N2O6/c1-30-17(26)21(28)14-19-8-5-12-24-13-11-20(23(19,24)29)15-6-3-4-7-16(15)25(18(27)31-2)22(20,21)10-9-19/h3-4,6-7,28-29H,5,8-14H2,1-2H3/t19-,20+,21-,22+,23-/m1/s1. The number of hydrogen-bond donors (Lipinski definition) is 2. The molecular formula is C23H28N2O6. The van der Waals surface area contributed by atoms with E-state index in [0.29, 0.717) is 31.5 Å². The predicted octanol–water partition coefficient (Wildman–Crippen LogP) is 1.53. The van der Waals surface area contributed by atoms with Crippen molar-refractivity contribution in [3.05, 3.63) is 29.8 Å². The highest BCUT2D eigenvalue weighted by Gasteiger charge is 2.91. The molecule has 5 atom stereocenters. The highest BCUT2D eigenvalue weighted by atomic mass is 16.6. The van der Waals surface area contributed by atoms with E-state index in [1.54, 1.807) is 0 Å². The van der Waals surface area contributed by atoms with Crippen molar-refractivity contribution in [2.45, 2.75) is 60.8 Å². The van der Waals surface area contributed by atoms with Crippen LogP contribution in [0.15, 0.2) is 24.3 Å². The summed E-state index contributed by atoms with van der Waals surface area (Å²) in [4.78, 5) is 30.2. The lowest BCUT2D eigenvalue weighted by Crippen LogP contribution is -2.90. The first-order chi connectivity index (χ1) is 14.8. The van der Waals surface area contributed by atoms with Gasteiger partial charge in [0.1, 0.15) is 11.3 Å². The first-order valence-electron chi connectivity index (χ1n) is 11.1. The second kappa shape index (κ2) is 5.60. The number of esters is 1. The van der Waals surface area contributed by atoms with Gasteiger partial charge in [-0.3, -0.25) is 9.80 Å². The van der Waals surface area contributed by atoms with E-state index in [0.717, 1.165) is 24.9 Å². The number of methoxy groups -OCH3 is 2. The molecule has 3 heterocycles. The van der Waals surface area contributed by atoms with Gasteiger partial charge in [-0.2, -0.15) is 0 Å². The zero-order valence-corrected chi connectivity index (χ0v) is 17.9. The van der Waals surface area contributed by atoms with E-state index >= 15 is 0 Å². The molecule has 31 heavy (non-hydrogen) atoms. The molecule has 166 valence electrons. The van der Waals surface area contributed by atoms with Crippen LogP contribution >= 0.6 is 0 Å². The summed E-state index contributed by atoms with van der Waals surface area (Å²) in [6, 6.07) is 7.47. The van der Waals surface area contributed by atoms with Crippen molar-refractivity contribution in [1.82, 2.24) is 4.90 Å². The first-order valence-corrected chi connectivity index (χ1v) is 11.1. The number of rotatable bonds is 1. The predicted molar refractivity (Wildman–Crippen MR) is 109 cm³/mol. The average molecular weight is 428 g/mol. The van der Waals surface area contributed by atoms with Crippen LogP contribution in [0.2, 0.25) is 0 Å². The monoisotopic (exact) mass is 428 g/mol. The summed E-state index contributed by atoms with van der Waals surface area (Å²) >= 11 is 0. The van der Waals surface area contributed by atoms with Crippen LogP contribution < -0.4 is 4.90 Å². The molecule has 7 rings (SSSR count). The second-order valence-corrected chi connectivity index (χ2v) is 9.91. The Morgan fingerprint density at radius 2 is 1.77 bits per heavy atom. The van der Waals surface area contributed by atoms with E-state index in [9.17, 15) is 19.8 Å². The molecule has 6 aliphatic rings. The van der Waals surface area contributed by atoms with Crippen LogP contribution in [0.4, 0.5) is 10.5 Å². The molecule has 8 heteroatoms. The Kier molecular flexibility index (Phi) is 3.53. The third-order valence-corrected chi connectivity index (χ3v) is 9.45. The number of ether oxygens (including phenoxy) is 2. The van der Waals surface area contributed by atoms with Crippen molar-refractivity contribution in [3.63, 3.8) is 0 Å². The number of aliphatic hydroxyl groups is 2. The number of nitrogens with zero attached hydrogens (tertiary/aromatic N) is 2. The van der Waals surface area contributed by atoms with Gasteiger partial charge in [0.15, 0.2) is 5.60 Å². The molecular weight excluding hydrogens is 400 g/mol. The minimum absolute atomic E-state index is 0.0584. The number of para-hydroxylation sites is 1. The van der Waals surface area contributed by atoms with Crippen molar-refractivity contribution < 1.29 is 29.3 Å².